The highest BCUT2D eigenvalue weighted by atomic mass is 16.5. The molecular formula is C15H19NO4. The lowest BCUT2D eigenvalue weighted by atomic mass is 10.0. The predicted octanol–water partition coefficient (Wildman–Crippen LogP) is 2.16. The molecule has 1 aromatic heterocycles. The van der Waals surface area contributed by atoms with Gasteiger partial charge in [-0.05, 0) is 44.4 Å². The van der Waals surface area contributed by atoms with Crippen molar-refractivity contribution in [3.05, 3.63) is 29.7 Å². The van der Waals surface area contributed by atoms with E-state index >= 15 is 0 Å². The van der Waals surface area contributed by atoms with E-state index < -0.39 is 6.04 Å². The van der Waals surface area contributed by atoms with Crippen LogP contribution < -0.4 is 0 Å². The number of hydrogen-bond donors (Lipinski definition) is 0. The quantitative estimate of drug-likeness (QED) is 0.627. The van der Waals surface area contributed by atoms with Crippen LogP contribution >= 0.6 is 0 Å². The SMILES string of the molecule is COC(=O)[C@@H]1CCCCN1C(=O)/C=C/c1ccc(C)o1. The molecule has 0 N–H and O–H groups in total. The summed E-state index contributed by atoms with van der Waals surface area (Å²) in [4.78, 5) is 25.5. The van der Waals surface area contributed by atoms with Crippen LogP contribution in [0.3, 0.4) is 0 Å². The van der Waals surface area contributed by atoms with E-state index in [0.717, 1.165) is 18.6 Å². The van der Waals surface area contributed by atoms with Gasteiger partial charge in [0.05, 0.1) is 7.11 Å². The van der Waals surface area contributed by atoms with Gasteiger partial charge in [-0.1, -0.05) is 0 Å². The molecule has 0 unspecified atom stereocenters. The first-order valence-corrected chi connectivity index (χ1v) is 6.75. The van der Waals surface area contributed by atoms with Gasteiger partial charge in [0.1, 0.15) is 17.6 Å². The Labute approximate surface area is 118 Å². The van der Waals surface area contributed by atoms with E-state index in [4.69, 9.17) is 9.15 Å². The van der Waals surface area contributed by atoms with E-state index in [1.54, 1.807) is 17.0 Å². The molecule has 1 fully saturated rings. The summed E-state index contributed by atoms with van der Waals surface area (Å²) in [6, 6.07) is 3.17. The van der Waals surface area contributed by atoms with Crippen molar-refractivity contribution in [1.82, 2.24) is 4.90 Å². The second-order valence-electron chi connectivity index (χ2n) is 4.85. The standard InChI is InChI=1S/C15H19NO4/c1-11-6-7-12(20-11)8-9-14(17)16-10-4-3-5-13(16)15(18)19-2/h6-9,13H,3-5,10H2,1-2H3/b9-8+/t13-/m0/s1. The first kappa shape index (κ1) is 14.4. The molecule has 0 radical (unpaired) electrons. The number of ether oxygens (including phenoxy) is 1. The first-order valence-electron chi connectivity index (χ1n) is 6.75. The maximum Gasteiger partial charge on any atom is 0.328 e. The molecule has 2 rings (SSSR count). The van der Waals surface area contributed by atoms with Crippen LogP contribution in [0, 0.1) is 6.92 Å². The fourth-order valence-electron chi connectivity index (χ4n) is 2.37. The van der Waals surface area contributed by atoms with E-state index in [9.17, 15) is 9.59 Å². The molecule has 1 amide bonds. The summed E-state index contributed by atoms with van der Waals surface area (Å²) in [5, 5.41) is 0. The summed E-state index contributed by atoms with van der Waals surface area (Å²) in [6.45, 7) is 2.43. The predicted molar refractivity (Wildman–Crippen MR) is 73.8 cm³/mol. The second-order valence-corrected chi connectivity index (χ2v) is 4.85. The van der Waals surface area contributed by atoms with Gasteiger partial charge in [0, 0.05) is 12.6 Å². The molecule has 0 bridgehead atoms. The third kappa shape index (κ3) is 3.29. The molecule has 0 saturated carbocycles. The van der Waals surface area contributed by atoms with Crippen LogP contribution in [0.5, 0.6) is 0 Å². The van der Waals surface area contributed by atoms with E-state index in [2.05, 4.69) is 0 Å². The molecule has 1 aromatic rings. The van der Waals surface area contributed by atoms with E-state index in [1.165, 1.54) is 13.2 Å². The Bertz CT molecular complexity index is 518. The van der Waals surface area contributed by atoms with Crippen molar-refractivity contribution < 1.29 is 18.7 Å². The number of piperidine rings is 1. The lowest BCUT2D eigenvalue weighted by molar-refractivity contribution is -0.153. The number of methoxy groups -OCH3 is 1. The average Bonchev–Trinajstić information content (AvgIpc) is 2.89. The molecule has 20 heavy (non-hydrogen) atoms. The van der Waals surface area contributed by atoms with Crippen LogP contribution in [-0.2, 0) is 14.3 Å². The number of carbonyl (C=O) groups is 2. The van der Waals surface area contributed by atoms with Gasteiger partial charge in [-0.2, -0.15) is 0 Å². The summed E-state index contributed by atoms with van der Waals surface area (Å²) < 4.78 is 10.1. The number of likely N-dealkylation sites (tertiary alicyclic amines) is 1. The molecule has 0 spiro atoms. The van der Waals surface area contributed by atoms with E-state index in [0.29, 0.717) is 18.7 Å². The Kier molecular flexibility index (Phi) is 4.61. The normalized spacial score (nSPS) is 19.3. The Morgan fingerprint density at radius 3 is 2.85 bits per heavy atom. The Morgan fingerprint density at radius 1 is 1.40 bits per heavy atom. The molecule has 5 nitrogen and oxygen atoms in total. The average molecular weight is 277 g/mol. The molecule has 0 aliphatic carbocycles. The van der Waals surface area contributed by atoms with Crippen LogP contribution in [0.2, 0.25) is 0 Å². The van der Waals surface area contributed by atoms with Crippen molar-refractivity contribution in [3.8, 4) is 0 Å². The van der Waals surface area contributed by atoms with Gasteiger partial charge in [-0.3, -0.25) is 4.79 Å². The van der Waals surface area contributed by atoms with Crippen LogP contribution in [0.4, 0.5) is 0 Å². The minimum Gasteiger partial charge on any atom is -0.467 e. The van der Waals surface area contributed by atoms with Gasteiger partial charge in [0.2, 0.25) is 5.91 Å². The molecule has 1 aliphatic rings. The van der Waals surface area contributed by atoms with Crippen molar-refractivity contribution in [2.45, 2.75) is 32.2 Å². The van der Waals surface area contributed by atoms with Crippen molar-refractivity contribution in [1.29, 1.82) is 0 Å². The van der Waals surface area contributed by atoms with Gasteiger partial charge < -0.3 is 14.1 Å². The molecule has 5 heteroatoms. The largest absolute Gasteiger partial charge is 0.467 e. The minimum absolute atomic E-state index is 0.186. The summed E-state index contributed by atoms with van der Waals surface area (Å²) in [5.74, 6) is 0.888. The zero-order valence-electron chi connectivity index (χ0n) is 11.8. The fraction of sp³-hybridized carbons (Fsp3) is 0.467. The number of furan rings is 1. The smallest absolute Gasteiger partial charge is 0.328 e. The third-order valence-electron chi connectivity index (χ3n) is 3.41. The van der Waals surface area contributed by atoms with E-state index in [-0.39, 0.29) is 11.9 Å². The summed E-state index contributed by atoms with van der Waals surface area (Å²) in [5.41, 5.74) is 0. The molecule has 2 heterocycles. The maximum absolute atomic E-state index is 12.2. The highest BCUT2D eigenvalue weighted by molar-refractivity contribution is 5.94. The molecule has 108 valence electrons. The van der Waals surface area contributed by atoms with Gasteiger partial charge in [0.15, 0.2) is 0 Å². The number of amides is 1. The van der Waals surface area contributed by atoms with Crippen LogP contribution in [-0.4, -0.2) is 36.5 Å². The zero-order valence-corrected chi connectivity index (χ0v) is 11.8. The monoisotopic (exact) mass is 277 g/mol. The number of esters is 1. The number of aryl methyl sites for hydroxylation is 1. The van der Waals surface area contributed by atoms with Gasteiger partial charge in [0.25, 0.3) is 0 Å². The molecule has 1 saturated heterocycles. The summed E-state index contributed by atoms with van der Waals surface area (Å²) in [7, 11) is 1.35. The second kappa shape index (κ2) is 6.41. The molecule has 0 aromatic carbocycles. The molecular weight excluding hydrogens is 258 g/mol. The van der Waals surface area contributed by atoms with E-state index in [1.807, 2.05) is 13.0 Å². The molecule has 1 atom stereocenters. The maximum atomic E-state index is 12.2. The first-order chi connectivity index (χ1) is 9.61. The minimum atomic E-state index is -0.468. The number of nitrogens with zero attached hydrogens (tertiary/aromatic N) is 1. The van der Waals surface area contributed by atoms with Crippen LogP contribution in [0.25, 0.3) is 6.08 Å². The topological polar surface area (TPSA) is 59.8 Å². The molecule has 1 aliphatic heterocycles. The highest BCUT2D eigenvalue weighted by Gasteiger charge is 2.31. The fourth-order valence-corrected chi connectivity index (χ4v) is 2.37. The lowest BCUT2D eigenvalue weighted by Gasteiger charge is -2.32. The number of rotatable bonds is 3. The van der Waals surface area contributed by atoms with Crippen molar-refractivity contribution in [2.24, 2.45) is 0 Å². The number of hydrogen-bond acceptors (Lipinski definition) is 4. The third-order valence-corrected chi connectivity index (χ3v) is 3.41. The number of carbonyl (C=O) groups excluding carboxylic acids is 2. The van der Waals surface area contributed by atoms with Crippen LogP contribution in [0.15, 0.2) is 22.6 Å². The summed E-state index contributed by atoms with van der Waals surface area (Å²) in [6.07, 6.45) is 5.57. The van der Waals surface area contributed by atoms with Crippen molar-refractivity contribution in [3.63, 3.8) is 0 Å². The van der Waals surface area contributed by atoms with Gasteiger partial charge >= 0.3 is 5.97 Å². The van der Waals surface area contributed by atoms with Gasteiger partial charge in [-0.15, -0.1) is 0 Å². The highest BCUT2D eigenvalue weighted by Crippen LogP contribution is 2.19. The van der Waals surface area contributed by atoms with Crippen LogP contribution in [0.1, 0.15) is 30.8 Å². The summed E-state index contributed by atoms with van der Waals surface area (Å²) >= 11 is 0. The lowest BCUT2D eigenvalue weighted by Crippen LogP contribution is -2.47. The van der Waals surface area contributed by atoms with Crippen molar-refractivity contribution in [2.75, 3.05) is 13.7 Å². The Morgan fingerprint density at radius 2 is 2.20 bits per heavy atom. The Balaban J connectivity index is 2.06. The van der Waals surface area contributed by atoms with Crippen molar-refractivity contribution >= 4 is 18.0 Å². The zero-order chi connectivity index (χ0) is 14.5. The van der Waals surface area contributed by atoms with Gasteiger partial charge in [-0.25, -0.2) is 4.79 Å². The Hall–Kier alpha value is -2.04.